The van der Waals surface area contributed by atoms with Gasteiger partial charge in [0.15, 0.2) is 17.0 Å². The van der Waals surface area contributed by atoms with E-state index in [-0.39, 0.29) is 30.5 Å². The molecule has 6 rings (SSSR count). The molecule has 0 saturated heterocycles. The van der Waals surface area contributed by atoms with Gasteiger partial charge in [-0.1, -0.05) is 36.4 Å². The molecule has 27 heavy (non-hydrogen) atoms. The van der Waals surface area contributed by atoms with Crippen molar-refractivity contribution in [3.8, 4) is 11.5 Å². The van der Waals surface area contributed by atoms with E-state index < -0.39 is 5.54 Å². The normalized spacial score (nSPS) is 32.2. The first-order valence-electron chi connectivity index (χ1n) is 9.21. The van der Waals surface area contributed by atoms with E-state index in [0.717, 1.165) is 29.0 Å². The molecule has 2 aliphatic carbocycles. The van der Waals surface area contributed by atoms with Gasteiger partial charge in [-0.05, 0) is 42.2 Å². The Morgan fingerprint density at radius 3 is 2.74 bits per heavy atom. The summed E-state index contributed by atoms with van der Waals surface area (Å²) in [5.74, 6) is 1.92. The zero-order valence-corrected chi connectivity index (χ0v) is 14.5. The van der Waals surface area contributed by atoms with Gasteiger partial charge >= 0.3 is 5.97 Å². The molecule has 0 radical (unpaired) electrons. The number of cyclic esters (lactones) is 1. The highest BCUT2D eigenvalue weighted by Gasteiger charge is 2.65. The summed E-state index contributed by atoms with van der Waals surface area (Å²) in [6.07, 6.45) is 5.26. The van der Waals surface area contributed by atoms with Crippen molar-refractivity contribution >= 4 is 11.9 Å². The molecule has 0 amide bonds. The largest absolute Gasteiger partial charge is 0.454 e. The number of fused-ring (bicyclic) bond motifs is 4. The lowest BCUT2D eigenvalue weighted by Gasteiger charge is -2.32. The number of allylic oxidation sites excluding steroid dienone is 1. The first-order valence-corrected chi connectivity index (χ1v) is 9.21. The van der Waals surface area contributed by atoms with Gasteiger partial charge in [0.2, 0.25) is 12.7 Å². The van der Waals surface area contributed by atoms with Crippen LogP contribution in [-0.4, -0.2) is 24.2 Å². The van der Waals surface area contributed by atoms with Crippen molar-refractivity contribution in [2.75, 3.05) is 6.79 Å². The lowest BCUT2D eigenvalue weighted by molar-refractivity contribution is -0.140. The van der Waals surface area contributed by atoms with Gasteiger partial charge in [0, 0.05) is 17.4 Å². The zero-order valence-electron chi connectivity index (χ0n) is 14.5. The van der Waals surface area contributed by atoms with E-state index in [1.807, 2.05) is 48.5 Å². The molecule has 2 heterocycles. The van der Waals surface area contributed by atoms with Crippen LogP contribution < -0.4 is 9.47 Å². The molecule has 4 atom stereocenters. The van der Waals surface area contributed by atoms with Gasteiger partial charge in [-0.3, -0.25) is 0 Å². The molecule has 1 spiro atoms. The molecule has 1 fully saturated rings. The second kappa shape index (κ2) is 5.22. The fraction of sp³-hybridized carbons (Fsp3) is 0.273. The van der Waals surface area contributed by atoms with Crippen molar-refractivity contribution in [1.29, 1.82) is 0 Å². The number of carbonyl (C=O) groups is 1. The number of nitrogens with zero attached hydrogens (tertiary/aromatic N) is 1. The highest BCUT2D eigenvalue weighted by atomic mass is 16.7. The Labute approximate surface area is 156 Å². The second-order valence-corrected chi connectivity index (χ2v) is 7.48. The summed E-state index contributed by atoms with van der Waals surface area (Å²) in [5.41, 5.74) is 0.989. The Morgan fingerprint density at radius 2 is 1.85 bits per heavy atom. The standard InChI is InChI=1S/C22H17NO4/c24-21-22(23-20(27-21)13-4-2-1-3-5-13)16-8-6-14(10-16)19(22)15-7-9-17-18(11-15)26-12-25-17/h1-9,11,14,16,19H,10,12H2/t14?,16?,19-,22-/m1/s1. The molecule has 2 aromatic carbocycles. The van der Waals surface area contributed by atoms with Crippen LogP contribution in [0.4, 0.5) is 0 Å². The summed E-state index contributed by atoms with van der Waals surface area (Å²) in [4.78, 5) is 18.1. The highest BCUT2D eigenvalue weighted by molar-refractivity contribution is 6.09. The van der Waals surface area contributed by atoms with E-state index >= 15 is 0 Å². The first kappa shape index (κ1) is 15.0. The third kappa shape index (κ3) is 1.94. The number of hydrogen-bond donors (Lipinski definition) is 0. The van der Waals surface area contributed by atoms with Crippen LogP contribution in [0.2, 0.25) is 0 Å². The van der Waals surface area contributed by atoms with Crippen LogP contribution in [0.1, 0.15) is 23.5 Å². The Hall–Kier alpha value is -3.08. The van der Waals surface area contributed by atoms with Gasteiger partial charge in [-0.2, -0.15) is 0 Å². The average molecular weight is 359 g/mol. The number of aliphatic imine (C=N–C) groups is 1. The van der Waals surface area contributed by atoms with Crippen molar-refractivity contribution < 1.29 is 19.0 Å². The Bertz CT molecular complexity index is 1010. The molecular weight excluding hydrogens is 342 g/mol. The van der Waals surface area contributed by atoms with Crippen LogP contribution >= 0.6 is 0 Å². The summed E-state index contributed by atoms with van der Waals surface area (Å²) < 4.78 is 16.7. The van der Waals surface area contributed by atoms with E-state index in [1.165, 1.54) is 0 Å². The maximum atomic E-state index is 13.2. The lowest BCUT2D eigenvalue weighted by atomic mass is 9.73. The van der Waals surface area contributed by atoms with Gasteiger partial charge < -0.3 is 14.2 Å². The van der Waals surface area contributed by atoms with Crippen LogP contribution in [0.5, 0.6) is 11.5 Å². The molecular formula is C22H17NO4. The predicted molar refractivity (Wildman–Crippen MR) is 97.8 cm³/mol. The van der Waals surface area contributed by atoms with Crippen LogP contribution in [0, 0.1) is 11.8 Å². The molecule has 5 heteroatoms. The van der Waals surface area contributed by atoms with E-state index in [4.69, 9.17) is 19.2 Å². The number of benzene rings is 2. The summed E-state index contributed by atoms with van der Waals surface area (Å²) in [6.45, 7) is 0.235. The lowest BCUT2D eigenvalue weighted by Crippen LogP contribution is -2.44. The minimum absolute atomic E-state index is 0.0595. The third-order valence-electron chi connectivity index (χ3n) is 6.16. The quantitative estimate of drug-likeness (QED) is 0.609. The Balaban J connectivity index is 1.49. The van der Waals surface area contributed by atoms with E-state index in [0.29, 0.717) is 5.90 Å². The molecule has 2 aliphatic heterocycles. The molecule has 1 saturated carbocycles. The van der Waals surface area contributed by atoms with Crippen molar-refractivity contribution in [1.82, 2.24) is 0 Å². The highest BCUT2D eigenvalue weighted by Crippen LogP contribution is 2.60. The van der Waals surface area contributed by atoms with Crippen molar-refractivity contribution in [2.24, 2.45) is 16.8 Å². The smallest absolute Gasteiger partial charge is 0.342 e. The zero-order chi connectivity index (χ0) is 18.0. The van der Waals surface area contributed by atoms with Gasteiger partial charge in [0.25, 0.3) is 0 Å². The number of esters is 1. The summed E-state index contributed by atoms with van der Waals surface area (Å²) in [5, 5.41) is 0. The van der Waals surface area contributed by atoms with Crippen molar-refractivity contribution in [3.05, 3.63) is 71.8 Å². The Morgan fingerprint density at radius 1 is 1.00 bits per heavy atom. The van der Waals surface area contributed by atoms with Gasteiger partial charge in [0.05, 0.1) is 0 Å². The molecule has 0 aromatic heterocycles. The second-order valence-electron chi connectivity index (χ2n) is 7.48. The van der Waals surface area contributed by atoms with Crippen LogP contribution in [-0.2, 0) is 9.53 Å². The molecule has 2 bridgehead atoms. The van der Waals surface area contributed by atoms with E-state index in [9.17, 15) is 4.79 Å². The minimum atomic E-state index is -0.891. The number of carbonyl (C=O) groups excluding carboxylic acids is 1. The number of hydrogen-bond acceptors (Lipinski definition) is 5. The molecule has 4 aliphatic rings. The fourth-order valence-electron chi connectivity index (χ4n) is 5.01. The third-order valence-corrected chi connectivity index (χ3v) is 6.16. The SMILES string of the molecule is O=C1OC(c2ccccc2)=N[C@@]12C1C=CC(C1)[C@@H]2c1ccc2c(c1)OCO2. The molecule has 2 aromatic rings. The van der Waals surface area contributed by atoms with Gasteiger partial charge in [-0.15, -0.1) is 0 Å². The topological polar surface area (TPSA) is 57.1 Å². The maximum absolute atomic E-state index is 13.2. The van der Waals surface area contributed by atoms with Crippen LogP contribution in [0.15, 0.2) is 65.7 Å². The van der Waals surface area contributed by atoms with Crippen LogP contribution in [0.3, 0.4) is 0 Å². The molecule has 134 valence electrons. The Kier molecular flexibility index (Phi) is 2.91. The van der Waals surface area contributed by atoms with Crippen molar-refractivity contribution in [3.63, 3.8) is 0 Å². The number of ether oxygens (including phenoxy) is 3. The molecule has 2 unspecified atom stereocenters. The van der Waals surface area contributed by atoms with Crippen molar-refractivity contribution in [2.45, 2.75) is 17.9 Å². The average Bonchev–Trinajstić information content (AvgIpc) is 3.46. The monoisotopic (exact) mass is 359 g/mol. The fourth-order valence-corrected chi connectivity index (χ4v) is 5.01. The summed E-state index contributed by atoms with van der Waals surface area (Å²) in [6, 6.07) is 15.6. The molecule has 0 N–H and O–H groups in total. The van der Waals surface area contributed by atoms with E-state index in [1.54, 1.807) is 0 Å². The van der Waals surface area contributed by atoms with Crippen LogP contribution in [0.25, 0.3) is 0 Å². The predicted octanol–water partition coefficient (Wildman–Crippen LogP) is 3.45. The summed E-state index contributed by atoms with van der Waals surface area (Å²) in [7, 11) is 0. The number of rotatable bonds is 2. The van der Waals surface area contributed by atoms with E-state index in [2.05, 4.69) is 12.2 Å². The van der Waals surface area contributed by atoms with Gasteiger partial charge in [-0.25, -0.2) is 9.79 Å². The molecule has 5 nitrogen and oxygen atoms in total. The first-order chi connectivity index (χ1) is 13.3. The maximum Gasteiger partial charge on any atom is 0.342 e. The minimum Gasteiger partial charge on any atom is -0.454 e. The summed E-state index contributed by atoms with van der Waals surface area (Å²) >= 11 is 0. The van der Waals surface area contributed by atoms with Gasteiger partial charge in [0.1, 0.15) is 0 Å².